The Balaban J connectivity index is 1.78. The van der Waals surface area contributed by atoms with E-state index in [0.717, 1.165) is 5.56 Å². The number of benzene rings is 1. The Morgan fingerprint density at radius 3 is 2.96 bits per heavy atom. The molecule has 1 aliphatic rings. The fourth-order valence-corrected chi connectivity index (χ4v) is 2.79. The number of carbonyl (C=O) groups excluding carboxylic acids is 2. The second-order valence-electron chi connectivity index (χ2n) is 5.70. The van der Waals surface area contributed by atoms with Gasteiger partial charge in [0.2, 0.25) is 5.91 Å². The molecule has 23 heavy (non-hydrogen) atoms. The molecule has 6 heteroatoms. The first-order valence-corrected chi connectivity index (χ1v) is 7.58. The van der Waals surface area contributed by atoms with Crippen LogP contribution in [-0.2, 0) is 4.79 Å². The highest BCUT2D eigenvalue weighted by Gasteiger charge is 2.32. The number of nitrogens with zero attached hydrogens (tertiary/aromatic N) is 1. The first-order valence-electron chi connectivity index (χ1n) is 7.58. The van der Waals surface area contributed by atoms with Crippen molar-refractivity contribution in [2.45, 2.75) is 25.8 Å². The number of halogens is 1. The van der Waals surface area contributed by atoms with Crippen molar-refractivity contribution in [3.8, 4) is 0 Å². The molecule has 2 amide bonds. The summed E-state index contributed by atoms with van der Waals surface area (Å²) in [7, 11) is 0. The van der Waals surface area contributed by atoms with Crippen LogP contribution in [0.5, 0.6) is 0 Å². The molecule has 0 spiro atoms. The third-order valence-electron chi connectivity index (χ3n) is 3.98. The van der Waals surface area contributed by atoms with Crippen LogP contribution in [0.25, 0.3) is 0 Å². The fourth-order valence-electron chi connectivity index (χ4n) is 2.79. The van der Waals surface area contributed by atoms with Gasteiger partial charge in [0.1, 0.15) is 17.6 Å². The van der Waals surface area contributed by atoms with Gasteiger partial charge in [0.25, 0.3) is 5.91 Å². The van der Waals surface area contributed by atoms with Crippen LogP contribution in [0, 0.1) is 12.7 Å². The first-order chi connectivity index (χ1) is 11.1. The minimum absolute atomic E-state index is 0.272. The second-order valence-corrected chi connectivity index (χ2v) is 5.70. The van der Waals surface area contributed by atoms with E-state index in [4.69, 9.17) is 0 Å². The average Bonchev–Trinajstić information content (AvgIpc) is 3.06. The molecule has 1 aromatic heterocycles. The van der Waals surface area contributed by atoms with Gasteiger partial charge in [-0.15, -0.1) is 0 Å². The van der Waals surface area contributed by atoms with Crippen molar-refractivity contribution in [3.63, 3.8) is 0 Å². The van der Waals surface area contributed by atoms with Gasteiger partial charge in [-0.3, -0.25) is 9.59 Å². The van der Waals surface area contributed by atoms with Crippen LogP contribution in [-0.4, -0.2) is 29.4 Å². The zero-order valence-electron chi connectivity index (χ0n) is 12.8. The number of H-pyrrole nitrogens is 1. The number of hydrogen-bond donors (Lipinski definition) is 2. The Morgan fingerprint density at radius 1 is 1.39 bits per heavy atom. The summed E-state index contributed by atoms with van der Waals surface area (Å²) in [6, 6.07) is 7.39. The lowest BCUT2D eigenvalue weighted by Crippen LogP contribution is -2.52. The molecule has 0 radical (unpaired) electrons. The maximum absolute atomic E-state index is 14.1. The SMILES string of the molecule is Cc1ccc(F)c(N2CCC[C@@H](NC(=O)c3ccc[nH]3)C2=O)c1. The molecule has 0 bridgehead atoms. The summed E-state index contributed by atoms with van der Waals surface area (Å²) < 4.78 is 14.1. The molecule has 2 heterocycles. The van der Waals surface area contributed by atoms with E-state index in [1.54, 1.807) is 30.5 Å². The van der Waals surface area contributed by atoms with Crippen LogP contribution in [0.15, 0.2) is 36.5 Å². The Morgan fingerprint density at radius 2 is 2.22 bits per heavy atom. The number of anilines is 1. The summed E-state index contributed by atoms with van der Waals surface area (Å²) >= 11 is 0. The topological polar surface area (TPSA) is 65.2 Å². The molecule has 1 atom stereocenters. The van der Waals surface area contributed by atoms with E-state index in [0.29, 0.717) is 25.1 Å². The molecule has 1 fully saturated rings. The zero-order valence-corrected chi connectivity index (χ0v) is 12.8. The number of aromatic nitrogens is 1. The van der Waals surface area contributed by atoms with Crippen molar-refractivity contribution in [1.82, 2.24) is 10.3 Å². The summed E-state index contributed by atoms with van der Waals surface area (Å²) in [5.74, 6) is -1.04. The third kappa shape index (κ3) is 3.11. The summed E-state index contributed by atoms with van der Waals surface area (Å²) in [4.78, 5) is 29.0. The minimum atomic E-state index is -0.639. The zero-order chi connectivity index (χ0) is 16.4. The monoisotopic (exact) mass is 315 g/mol. The van der Waals surface area contributed by atoms with E-state index in [-0.39, 0.29) is 17.5 Å². The molecular weight excluding hydrogens is 297 g/mol. The number of amides is 2. The minimum Gasteiger partial charge on any atom is -0.357 e. The lowest BCUT2D eigenvalue weighted by molar-refractivity contribution is -0.121. The maximum atomic E-state index is 14.1. The van der Waals surface area contributed by atoms with Gasteiger partial charge >= 0.3 is 0 Å². The molecule has 120 valence electrons. The van der Waals surface area contributed by atoms with Crippen LogP contribution in [0.4, 0.5) is 10.1 Å². The Kier molecular flexibility index (Phi) is 4.14. The third-order valence-corrected chi connectivity index (χ3v) is 3.98. The molecule has 1 aromatic carbocycles. The smallest absolute Gasteiger partial charge is 0.268 e. The molecule has 1 aliphatic heterocycles. The maximum Gasteiger partial charge on any atom is 0.268 e. The number of aryl methyl sites for hydroxylation is 1. The van der Waals surface area contributed by atoms with E-state index < -0.39 is 11.9 Å². The van der Waals surface area contributed by atoms with Gasteiger partial charge in [-0.25, -0.2) is 4.39 Å². The number of nitrogens with one attached hydrogen (secondary N) is 2. The summed E-state index contributed by atoms with van der Waals surface area (Å²) in [5, 5.41) is 2.72. The standard InChI is InChI=1S/C17H18FN3O2/c1-11-6-7-12(18)15(10-11)21-9-3-5-14(17(21)23)20-16(22)13-4-2-8-19-13/h2,4,6-8,10,14,19H,3,5,9H2,1H3,(H,20,22)/t14-/m1/s1. The molecular formula is C17H18FN3O2. The predicted octanol–water partition coefficient (Wildman–Crippen LogP) is 2.39. The van der Waals surface area contributed by atoms with E-state index in [9.17, 15) is 14.0 Å². The number of hydrogen-bond acceptors (Lipinski definition) is 2. The van der Waals surface area contributed by atoms with E-state index in [1.165, 1.54) is 11.0 Å². The van der Waals surface area contributed by atoms with Gasteiger partial charge in [0, 0.05) is 12.7 Å². The van der Waals surface area contributed by atoms with Crippen molar-refractivity contribution in [1.29, 1.82) is 0 Å². The van der Waals surface area contributed by atoms with Crippen molar-refractivity contribution in [2.75, 3.05) is 11.4 Å². The van der Waals surface area contributed by atoms with Crippen LogP contribution in [0.1, 0.15) is 28.9 Å². The highest BCUT2D eigenvalue weighted by atomic mass is 19.1. The molecule has 0 saturated carbocycles. The Bertz CT molecular complexity index is 727. The van der Waals surface area contributed by atoms with Gasteiger partial charge < -0.3 is 15.2 Å². The normalized spacial score (nSPS) is 18.1. The van der Waals surface area contributed by atoms with Gasteiger partial charge in [0.15, 0.2) is 0 Å². The van der Waals surface area contributed by atoms with Gasteiger partial charge in [-0.2, -0.15) is 0 Å². The summed E-state index contributed by atoms with van der Waals surface area (Å²) in [6.45, 7) is 2.30. The Hall–Kier alpha value is -2.63. The molecule has 5 nitrogen and oxygen atoms in total. The van der Waals surface area contributed by atoms with E-state index >= 15 is 0 Å². The molecule has 2 N–H and O–H groups in total. The first kappa shape index (κ1) is 15.3. The molecule has 0 unspecified atom stereocenters. The summed E-state index contributed by atoms with van der Waals surface area (Å²) in [5.41, 5.74) is 1.55. The van der Waals surface area contributed by atoms with Gasteiger partial charge in [0.05, 0.1) is 5.69 Å². The van der Waals surface area contributed by atoms with Gasteiger partial charge in [-0.1, -0.05) is 6.07 Å². The van der Waals surface area contributed by atoms with Crippen molar-refractivity contribution in [3.05, 3.63) is 53.6 Å². The summed E-state index contributed by atoms with van der Waals surface area (Å²) in [6.07, 6.45) is 2.90. The van der Waals surface area contributed by atoms with Gasteiger partial charge in [-0.05, 0) is 49.6 Å². The number of rotatable bonds is 3. The highest BCUT2D eigenvalue weighted by molar-refractivity contribution is 6.02. The van der Waals surface area contributed by atoms with Crippen LogP contribution < -0.4 is 10.2 Å². The van der Waals surface area contributed by atoms with Crippen molar-refractivity contribution < 1.29 is 14.0 Å². The van der Waals surface area contributed by atoms with E-state index in [1.807, 2.05) is 6.92 Å². The van der Waals surface area contributed by atoms with Crippen molar-refractivity contribution >= 4 is 17.5 Å². The van der Waals surface area contributed by atoms with Crippen LogP contribution in [0.2, 0.25) is 0 Å². The van der Waals surface area contributed by atoms with Crippen LogP contribution in [0.3, 0.4) is 0 Å². The Labute approximate surface area is 133 Å². The quantitative estimate of drug-likeness (QED) is 0.913. The number of carbonyl (C=O) groups is 2. The largest absolute Gasteiger partial charge is 0.357 e. The second kappa shape index (κ2) is 6.24. The highest BCUT2D eigenvalue weighted by Crippen LogP contribution is 2.25. The molecule has 2 aromatic rings. The van der Waals surface area contributed by atoms with E-state index in [2.05, 4.69) is 10.3 Å². The molecule has 1 saturated heterocycles. The van der Waals surface area contributed by atoms with Crippen molar-refractivity contribution in [2.24, 2.45) is 0 Å². The molecule has 3 rings (SSSR count). The predicted molar refractivity (Wildman–Crippen MR) is 84.8 cm³/mol. The lowest BCUT2D eigenvalue weighted by atomic mass is 10.0. The fraction of sp³-hybridized carbons (Fsp3) is 0.294. The lowest BCUT2D eigenvalue weighted by Gasteiger charge is -2.33. The number of aromatic amines is 1. The average molecular weight is 315 g/mol. The van der Waals surface area contributed by atoms with Crippen LogP contribution >= 0.6 is 0 Å². The number of piperidine rings is 1. The molecule has 0 aliphatic carbocycles.